The predicted molar refractivity (Wildman–Crippen MR) is 81.2 cm³/mol. The van der Waals surface area contributed by atoms with Crippen LogP contribution in [0.2, 0.25) is 0 Å². The van der Waals surface area contributed by atoms with E-state index in [0.717, 1.165) is 10.2 Å². The molecule has 0 aromatic carbocycles. The second-order valence-electron chi connectivity index (χ2n) is 3.47. The molecule has 107 valence electrons. The first-order valence-electron chi connectivity index (χ1n) is 5.62. The molecule has 0 spiro atoms. The van der Waals surface area contributed by atoms with Gasteiger partial charge in [0.25, 0.3) is 0 Å². The van der Waals surface area contributed by atoms with Crippen molar-refractivity contribution in [1.29, 1.82) is 0 Å². The third-order valence-electron chi connectivity index (χ3n) is 2.19. The second kappa shape index (κ2) is 9.20. The summed E-state index contributed by atoms with van der Waals surface area (Å²) in [5, 5.41) is 3.75. The smallest absolute Gasteiger partial charge is 0.232 e. The first kappa shape index (κ1) is 18.2. The molecule has 0 aliphatic heterocycles. The molecule has 0 aliphatic carbocycles. The molecule has 0 aliphatic rings. The van der Waals surface area contributed by atoms with E-state index in [2.05, 4.69) is 16.9 Å². The van der Waals surface area contributed by atoms with Crippen molar-refractivity contribution < 1.29 is 42.2 Å². The van der Waals surface area contributed by atoms with E-state index in [9.17, 15) is 4.79 Å². The monoisotopic (exact) mass is 394 g/mol. The van der Waals surface area contributed by atoms with E-state index in [1.54, 1.807) is 28.8 Å². The van der Waals surface area contributed by atoms with Crippen LogP contribution in [0.3, 0.4) is 0 Å². The Morgan fingerprint density at radius 3 is 2.67 bits per heavy atom. The number of nitrogens with zero attached hydrogens (tertiary/aromatic N) is 2. The van der Waals surface area contributed by atoms with E-state index < -0.39 is 5.91 Å². The number of hydrogen-bond acceptors (Lipinski definition) is 6. The minimum atomic E-state index is -0.597. The zero-order valence-corrected chi connectivity index (χ0v) is 15.5. The van der Waals surface area contributed by atoms with Crippen LogP contribution in [0.5, 0.6) is 5.88 Å². The van der Waals surface area contributed by atoms with E-state index >= 15 is 0 Å². The van der Waals surface area contributed by atoms with Crippen LogP contribution in [-0.2, 0) is 32.7 Å². The summed E-state index contributed by atoms with van der Waals surface area (Å²) < 4.78 is 6.21. The number of carbonyl (C=O) groups excluding carboxylic acids is 1. The summed E-state index contributed by atoms with van der Waals surface area (Å²) >= 11 is 2.87. The summed E-state index contributed by atoms with van der Waals surface area (Å²) in [6.07, 6.45) is 1.50. The number of amides is 1. The Labute approximate surface area is 155 Å². The average Bonchev–Trinajstić information content (AvgIpc) is 3.12. The Bertz CT molecular complexity index is 686. The molecule has 0 atom stereocenters. The summed E-state index contributed by atoms with van der Waals surface area (Å²) in [4.78, 5) is 18.8. The second-order valence-corrected chi connectivity index (χ2v) is 5.33. The summed E-state index contributed by atoms with van der Waals surface area (Å²) in [5.74, 6) is 0.0324. The van der Waals surface area contributed by atoms with E-state index in [0.29, 0.717) is 17.4 Å². The van der Waals surface area contributed by atoms with Crippen LogP contribution in [0.15, 0.2) is 35.3 Å². The number of rotatable bonds is 3. The number of nitrogens with one attached hydrogen (secondary N) is 1. The Kier molecular flexibility index (Phi) is 7.95. The fourth-order valence-corrected chi connectivity index (χ4v) is 2.73. The Morgan fingerprint density at radius 1 is 1.29 bits per heavy atom. The normalized spacial score (nSPS) is 9.38. The Hall–Kier alpha value is -0.886. The zero-order valence-electron chi connectivity index (χ0n) is 11.0. The molecule has 0 bridgehead atoms. The summed E-state index contributed by atoms with van der Waals surface area (Å²) in [5.41, 5.74) is 7.54. The maximum atomic E-state index is 10.2. The van der Waals surface area contributed by atoms with Crippen molar-refractivity contribution in [2.24, 2.45) is 0 Å². The summed E-state index contributed by atoms with van der Waals surface area (Å²) in [6.45, 7) is 3.99. The van der Waals surface area contributed by atoms with Crippen LogP contribution < -0.4 is 4.74 Å². The third-order valence-corrected chi connectivity index (χ3v) is 3.95. The van der Waals surface area contributed by atoms with Crippen molar-refractivity contribution in [3.8, 4) is 5.88 Å². The average molecular weight is 394 g/mol. The molecule has 0 saturated heterocycles. The number of ether oxygens (including phenoxy) is 1. The van der Waals surface area contributed by atoms with Crippen molar-refractivity contribution in [1.82, 2.24) is 9.97 Å². The number of fused-ring (bicyclic) bond motifs is 1. The molecule has 1 amide bonds. The number of thiophene rings is 2. The van der Waals surface area contributed by atoms with Gasteiger partial charge in [-0.3, -0.25) is 0 Å². The van der Waals surface area contributed by atoms with Crippen molar-refractivity contribution in [2.75, 3.05) is 6.61 Å². The van der Waals surface area contributed by atoms with Crippen LogP contribution >= 0.6 is 22.7 Å². The maximum absolute atomic E-state index is 10.2. The molecule has 3 rings (SSSR count). The van der Waals surface area contributed by atoms with Crippen molar-refractivity contribution in [3.05, 3.63) is 52.8 Å². The molecule has 3 heterocycles. The zero-order chi connectivity index (χ0) is 14.4. The van der Waals surface area contributed by atoms with Gasteiger partial charge < -0.3 is 22.2 Å². The molecule has 0 saturated carbocycles. The Balaban J connectivity index is 0.000000216. The molecule has 0 unspecified atom stereocenters. The minimum Gasteiger partial charge on any atom is -0.663 e. The van der Waals surface area contributed by atoms with Gasteiger partial charge in [0.05, 0.1) is 16.3 Å². The van der Waals surface area contributed by atoms with E-state index in [1.807, 2.05) is 11.4 Å². The third kappa shape index (κ3) is 5.11. The maximum Gasteiger partial charge on any atom is 0.232 e. The van der Waals surface area contributed by atoms with Gasteiger partial charge in [0, 0.05) is 32.7 Å². The quantitative estimate of drug-likeness (QED) is 0.633. The molecule has 21 heavy (non-hydrogen) atoms. The first-order chi connectivity index (χ1) is 9.72. The van der Waals surface area contributed by atoms with Gasteiger partial charge in [-0.05, 0) is 29.5 Å². The van der Waals surface area contributed by atoms with Crippen LogP contribution in [0, 0.1) is 6.92 Å². The van der Waals surface area contributed by atoms with Crippen LogP contribution in [0.25, 0.3) is 16.0 Å². The van der Waals surface area contributed by atoms with E-state index in [4.69, 9.17) is 10.5 Å². The van der Waals surface area contributed by atoms with Crippen molar-refractivity contribution in [3.63, 3.8) is 0 Å². The van der Waals surface area contributed by atoms with Gasteiger partial charge in [0.15, 0.2) is 0 Å². The topological polar surface area (TPSA) is 75.9 Å². The fraction of sp³-hybridized carbons (Fsp3) is 0.0769. The number of hydrogen-bond donors (Lipinski definition) is 0. The van der Waals surface area contributed by atoms with Crippen LogP contribution in [0.4, 0.5) is 0 Å². The largest absolute Gasteiger partial charge is 0.663 e. The van der Waals surface area contributed by atoms with Gasteiger partial charge in [-0.1, -0.05) is 6.07 Å². The van der Waals surface area contributed by atoms with Gasteiger partial charge in [-0.15, -0.1) is 22.7 Å². The molecule has 0 fully saturated rings. The SMILES string of the molecule is [CH2-]COc1ncnc2ccsc12.[NH-]C(=O)c1cccs1.[Y]. The van der Waals surface area contributed by atoms with Gasteiger partial charge >= 0.3 is 0 Å². The predicted octanol–water partition coefficient (Wildman–Crippen LogP) is 3.84. The van der Waals surface area contributed by atoms with Gasteiger partial charge in [-0.25, -0.2) is 9.97 Å². The molecular weight excluding hydrogens is 383 g/mol. The first-order valence-corrected chi connectivity index (χ1v) is 7.38. The molecule has 3 aromatic heterocycles. The molecule has 5 nitrogen and oxygen atoms in total. The molecule has 1 radical (unpaired) electrons. The molecule has 8 heteroatoms. The van der Waals surface area contributed by atoms with Crippen molar-refractivity contribution >= 4 is 38.8 Å². The van der Waals surface area contributed by atoms with Crippen molar-refractivity contribution in [2.45, 2.75) is 0 Å². The van der Waals surface area contributed by atoms with E-state index in [1.165, 1.54) is 17.7 Å². The van der Waals surface area contributed by atoms with Gasteiger partial charge in [-0.2, -0.15) is 0 Å². The van der Waals surface area contributed by atoms with Crippen LogP contribution in [-0.4, -0.2) is 22.5 Å². The molecule has 1 N–H and O–H groups in total. The van der Waals surface area contributed by atoms with Crippen LogP contribution in [0.1, 0.15) is 9.67 Å². The number of aromatic nitrogens is 2. The molecule has 3 aromatic rings. The van der Waals surface area contributed by atoms with Gasteiger partial charge in [0.2, 0.25) is 5.88 Å². The summed E-state index contributed by atoms with van der Waals surface area (Å²) in [6, 6.07) is 5.34. The number of carbonyl (C=O) groups is 1. The summed E-state index contributed by atoms with van der Waals surface area (Å²) in [7, 11) is 0. The molecular formula is C13H11N3O2S2Y-2. The fourth-order valence-electron chi connectivity index (χ4n) is 1.37. The standard InChI is InChI=1S/C8H7N2OS.C5H5NOS.Y/c1-2-11-8-7-6(3-4-12-7)9-5-10-8;6-5(7)4-2-1-3-8-4;/h3-5H,1-2H2;1-3H,(H2,6,7);/q-1;;/p-1. The minimum absolute atomic E-state index is 0. The Morgan fingerprint density at radius 2 is 2.10 bits per heavy atom. The van der Waals surface area contributed by atoms with Gasteiger partial charge in [0.1, 0.15) is 11.0 Å². The van der Waals surface area contributed by atoms with E-state index in [-0.39, 0.29) is 32.7 Å².